The Labute approximate surface area is 122 Å². The topological polar surface area (TPSA) is 60.8 Å². The molecule has 0 unspecified atom stereocenters. The van der Waals surface area contributed by atoms with Crippen LogP contribution in [0.1, 0.15) is 10.4 Å². The van der Waals surface area contributed by atoms with Gasteiger partial charge in [-0.3, -0.25) is 4.79 Å². The molecule has 0 aliphatic carbocycles. The van der Waals surface area contributed by atoms with E-state index in [-0.39, 0.29) is 16.4 Å². The Balaban J connectivity index is 2.32. The second kappa shape index (κ2) is 6.09. The van der Waals surface area contributed by atoms with Gasteiger partial charge in [0.15, 0.2) is 0 Å². The van der Waals surface area contributed by atoms with E-state index in [2.05, 4.69) is 0 Å². The van der Waals surface area contributed by atoms with E-state index < -0.39 is 7.12 Å². The van der Waals surface area contributed by atoms with E-state index in [9.17, 15) is 14.8 Å². The lowest BCUT2D eigenvalue weighted by Crippen LogP contribution is -2.33. The zero-order chi connectivity index (χ0) is 14.7. The number of rotatable bonds is 3. The fourth-order valence-electron chi connectivity index (χ4n) is 1.84. The van der Waals surface area contributed by atoms with Gasteiger partial charge < -0.3 is 14.9 Å². The van der Waals surface area contributed by atoms with Crippen molar-refractivity contribution in [1.29, 1.82) is 0 Å². The van der Waals surface area contributed by atoms with Crippen LogP contribution in [-0.2, 0) is 0 Å². The second-order valence-corrected chi connectivity index (χ2v) is 4.72. The van der Waals surface area contributed by atoms with Gasteiger partial charge in [-0.1, -0.05) is 29.8 Å². The summed E-state index contributed by atoms with van der Waals surface area (Å²) in [5, 5.41) is 18.6. The Bertz CT molecular complexity index is 619. The van der Waals surface area contributed by atoms with Gasteiger partial charge in [0, 0.05) is 28.8 Å². The monoisotopic (exact) mass is 289 g/mol. The minimum Gasteiger partial charge on any atom is -0.423 e. The number of amides is 1. The molecule has 102 valence electrons. The van der Waals surface area contributed by atoms with Crippen molar-refractivity contribution < 1.29 is 14.8 Å². The smallest absolute Gasteiger partial charge is 0.423 e. The van der Waals surface area contributed by atoms with Crippen LogP contribution in [0.3, 0.4) is 0 Å². The van der Waals surface area contributed by atoms with Gasteiger partial charge in [-0.25, -0.2) is 0 Å². The van der Waals surface area contributed by atoms with E-state index in [1.807, 2.05) is 30.3 Å². The summed E-state index contributed by atoms with van der Waals surface area (Å²) in [5.74, 6) is -0.255. The summed E-state index contributed by atoms with van der Waals surface area (Å²) in [7, 11) is -0.0568. The minimum atomic E-state index is -1.71. The molecule has 0 bridgehead atoms. The average Bonchev–Trinajstić information content (AvgIpc) is 2.47. The molecule has 0 fully saturated rings. The molecule has 2 aromatic carbocycles. The maximum Gasteiger partial charge on any atom is 0.489 e. The van der Waals surface area contributed by atoms with Crippen LogP contribution in [-0.4, -0.2) is 30.1 Å². The molecule has 0 aliphatic heterocycles. The van der Waals surface area contributed by atoms with Crippen molar-refractivity contribution >= 4 is 35.8 Å². The van der Waals surface area contributed by atoms with E-state index in [4.69, 9.17) is 11.6 Å². The van der Waals surface area contributed by atoms with Crippen molar-refractivity contribution in [1.82, 2.24) is 0 Å². The predicted molar refractivity (Wildman–Crippen MR) is 80.5 cm³/mol. The number of benzene rings is 2. The third kappa shape index (κ3) is 3.01. The van der Waals surface area contributed by atoms with Crippen LogP contribution in [0.4, 0.5) is 5.69 Å². The normalized spacial score (nSPS) is 10.2. The maximum absolute atomic E-state index is 12.4. The molecule has 0 atom stereocenters. The molecule has 0 aliphatic rings. The third-order valence-corrected chi connectivity index (χ3v) is 3.31. The number of anilines is 1. The number of hydrogen-bond acceptors (Lipinski definition) is 3. The number of carbonyl (C=O) groups is 1. The zero-order valence-electron chi connectivity index (χ0n) is 10.8. The van der Waals surface area contributed by atoms with Gasteiger partial charge in [0.05, 0.1) is 0 Å². The molecule has 0 radical (unpaired) electrons. The van der Waals surface area contributed by atoms with Gasteiger partial charge in [-0.2, -0.15) is 0 Å². The van der Waals surface area contributed by atoms with Crippen molar-refractivity contribution in [2.24, 2.45) is 0 Å². The van der Waals surface area contributed by atoms with Crippen LogP contribution in [0.2, 0.25) is 5.02 Å². The standard InChI is InChI=1S/C14H13BClNO3/c1-17(11-5-3-2-4-6-11)14(18)10-7-8-13(16)12(9-10)15(19)20/h2-9,19-20H,1H3. The van der Waals surface area contributed by atoms with Gasteiger partial charge in [-0.15, -0.1) is 0 Å². The van der Waals surface area contributed by atoms with Gasteiger partial charge in [-0.05, 0) is 30.3 Å². The SMILES string of the molecule is CN(C(=O)c1ccc(Cl)c(B(O)O)c1)c1ccccc1. The highest BCUT2D eigenvalue weighted by atomic mass is 35.5. The quantitative estimate of drug-likeness (QED) is 0.837. The van der Waals surface area contributed by atoms with Gasteiger partial charge in [0.25, 0.3) is 5.91 Å². The summed E-state index contributed by atoms with van der Waals surface area (Å²) >= 11 is 5.85. The Hall–Kier alpha value is -1.82. The summed E-state index contributed by atoms with van der Waals surface area (Å²) < 4.78 is 0. The van der Waals surface area contributed by atoms with E-state index in [1.165, 1.54) is 17.0 Å². The van der Waals surface area contributed by atoms with E-state index in [0.29, 0.717) is 5.56 Å². The lowest BCUT2D eigenvalue weighted by Gasteiger charge is -2.18. The van der Waals surface area contributed by atoms with Crippen LogP contribution < -0.4 is 10.4 Å². The second-order valence-electron chi connectivity index (χ2n) is 4.31. The number of hydrogen-bond donors (Lipinski definition) is 2. The number of nitrogens with zero attached hydrogens (tertiary/aromatic N) is 1. The molecule has 4 nitrogen and oxygen atoms in total. The minimum absolute atomic E-state index is 0.110. The molecule has 2 aromatic rings. The molecule has 20 heavy (non-hydrogen) atoms. The molecule has 6 heteroatoms. The molecule has 0 spiro atoms. The summed E-state index contributed by atoms with van der Waals surface area (Å²) in [6.45, 7) is 0. The number of para-hydroxylation sites is 1. The molecule has 0 heterocycles. The lowest BCUT2D eigenvalue weighted by molar-refractivity contribution is 0.0993. The van der Waals surface area contributed by atoms with Crippen molar-refractivity contribution in [3.05, 3.63) is 59.1 Å². The highest BCUT2D eigenvalue weighted by molar-refractivity contribution is 6.62. The Morgan fingerprint density at radius 1 is 1.15 bits per heavy atom. The molecule has 1 amide bonds. The molecule has 2 N–H and O–H groups in total. The van der Waals surface area contributed by atoms with Crippen LogP contribution in [0.5, 0.6) is 0 Å². The largest absolute Gasteiger partial charge is 0.489 e. The zero-order valence-corrected chi connectivity index (χ0v) is 11.6. The average molecular weight is 290 g/mol. The predicted octanol–water partition coefficient (Wildman–Crippen LogP) is 1.30. The summed E-state index contributed by atoms with van der Waals surface area (Å²) in [5.41, 5.74) is 1.20. The van der Waals surface area contributed by atoms with Crippen LogP contribution >= 0.6 is 11.6 Å². The van der Waals surface area contributed by atoms with E-state index in [1.54, 1.807) is 13.1 Å². The lowest BCUT2D eigenvalue weighted by atomic mass is 9.79. The highest BCUT2D eigenvalue weighted by Crippen LogP contribution is 2.16. The molecule has 2 rings (SSSR count). The fraction of sp³-hybridized carbons (Fsp3) is 0.0714. The first-order chi connectivity index (χ1) is 9.50. The van der Waals surface area contributed by atoms with Crippen LogP contribution in [0.15, 0.2) is 48.5 Å². The summed E-state index contributed by atoms with van der Waals surface area (Å²) in [4.78, 5) is 13.8. The maximum atomic E-state index is 12.4. The van der Waals surface area contributed by atoms with E-state index >= 15 is 0 Å². The summed E-state index contributed by atoms with van der Waals surface area (Å²) in [6, 6.07) is 13.6. The van der Waals surface area contributed by atoms with Gasteiger partial charge >= 0.3 is 7.12 Å². The van der Waals surface area contributed by atoms with E-state index in [0.717, 1.165) is 5.69 Å². The van der Waals surface area contributed by atoms with Crippen LogP contribution in [0.25, 0.3) is 0 Å². The summed E-state index contributed by atoms with van der Waals surface area (Å²) in [6.07, 6.45) is 0. The molecular weight excluding hydrogens is 276 g/mol. The highest BCUT2D eigenvalue weighted by Gasteiger charge is 2.19. The first-order valence-electron chi connectivity index (χ1n) is 5.99. The molecular formula is C14H13BClNO3. The molecule has 0 saturated heterocycles. The van der Waals surface area contributed by atoms with Crippen molar-refractivity contribution in [2.75, 3.05) is 11.9 Å². The van der Waals surface area contributed by atoms with Crippen molar-refractivity contribution in [3.63, 3.8) is 0 Å². The molecule has 0 saturated carbocycles. The molecule has 0 aromatic heterocycles. The van der Waals surface area contributed by atoms with Crippen molar-refractivity contribution in [3.8, 4) is 0 Å². The Morgan fingerprint density at radius 3 is 2.40 bits per heavy atom. The fourth-order valence-corrected chi connectivity index (χ4v) is 2.05. The number of carbonyl (C=O) groups excluding carboxylic acids is 1. The Morgan fingerprint density at radius 2 is 1.80 bits per heavy atom. The Kier molecular flexibility index (Phi) is 4.44. The first-order valence-corrected chi connectivity index (χ1v) is 6.37. The van der Waals surface area contributed by atoms with Gasteiger partial charge in [0.2, 0.25) is 0 Å². The first kappa shape index (κ1) is 14.6. The third-order valence-electron chi connectivity index (χ3n) is 2.97. The van der Waals surface area contributed by atoms with Gasteiger partial charge in [0.1, 0.15) is 0 Å². The van der Waals surface area contributed by atoms with Crippen molar-refractivity contribution in [2.45, 2.75) is 0 Å². The van der Waals surface area contributed by atoms with Crippen LogP contribution in [0, 0.1) is 0 Å². The number of halogens is 1.